The predicted octanol–water partition coefficient (Wildman–Crippen LogP) is 2.95. The molecule has 0 bridgehead atoms. The highest BCUT2D eigenvalue weighted by molar-refractivity contribution is 6.05. The molecule has 24 heavy (non-hydrogen) atoms. The first kappa shape index (κ1) is 16.4. The van der Waals surface area contributed by atoms with Crippen LogP contribution in [0.5, 0.6) is 0 Å². The molecule has 1 unspecified atom stereocenters. The maximum Gasteiger partial charge on any atom is 0.323 e. The molecule has 1 aliphatic carbocycles. The molecule has 0 saturated heterocycles. The van der Waals surface area contributed by atoms with Crippen molar-refractivity contribution in [2.45, 2.75) is 26.7 Å². The van der Waals surface area contributed by atoms with E-state index in [0.717, 1.165) is 6.55 Å². The predicted molar refractivity (Wildman–Crippen MR) is 88.3 cm³/mol. The topological polar surface area (TPSA) is 69.7 Å². The van der Waals surface area contributed by atoms with Gasteiger partial charge in [0, 0.05) is 11.5 Å². The summed E-state index contributed by atoms with van der Waals surface area (Å²) in [5.41, 5.74) is -0.640. The van der Waals surface area contributed by atoms with Crippen LogP contribution in [0.1, 0.15) is 38.4 Å². The van der Waals surface area contributed by atoms with Crippen LogP contribution >= 0.6 is 0 Å². The van der Waals surface area contributed by atoms with Gasteiger partial charge in [0.15, 0.2) is 11.2 Å². The lowest BCUT2D eigenvalue weighted by Gasteiger charge is -2.24. The Hall–Kier alpha value is -2.43. The summed E-state index contributed by atoms with van der Waals surface area (Å²) in [6.45, 7) is 4.61. The van der Waals surface area contributed by atoms with Crippen molar-refractivity contribution in [1.82, 2.24) is 0 Å². The van der Waals surface area contributed by atoms with E-state index in [0.29, 0.717) is 11.1 Å². The van der Waals surface area contributed by atoms with Gasteiger partial charge in [-0.05, 0) is 26.7 Å². The lowest BCUT2D eigenvalue weighted by atomic mass is 9.84. The van der Waals surface area contributed by atoms with Crippen LogP contribution in [0.25, 0.3) is 0 Å². The Balaban J connectivity index is 2.40. The third-order valence-corrected chi connectivity index (χ3v) is 4.21. The van der Waals surface area contributed by atoms with Gasteiger partial charge >= 0.3 is 11.9 Å². The number of hydrogen-bond donors (Lipinski definition) is 0. The number of rotatable bonds is 6. The third kappa shape index (κ3) is 3.25. The Labute approximate surface area is 143 Å². The van der Waals surface area contributed by atoms with E-state index in [1.807, 2.05) is 0 Å². The molecular formula is C19H22O5. The first-order valence-electron chi connectivity index (χ1n) is 8.59. The van der Waals surface area contributed by atoms with Crippen LogP contribution < -0.4 is 0 Å². The number of allylic oxidation sites excluding steroid dienone is 1. The summed E-state index contributed by atoms with van der Waals surface area (Å²) in [6.07, 6.45) is -0.0689. The summed E-state index contributed by atoms with van der Waals surface area (Å²) >= 11 is 0. The Kier molecular flexibility index (Phi) is 5.08. The van der Waals surface area contributed by atoms with Crippen LogP contribution in [0.4, 0.5) is 0 Å². The second kappa shape index (κ2) is 7.43. The van der Waals surface area contributed by atoms with Crippen LogP contribution in [-0.2, 0) is 19.1 Å². The van der Waals surface area contributed by atoms with Crippen LogP contribution in [-0.4, -0.2) is 30.9 Å². The van der Waals surface area contributed by atoms with E-state index in [-0.39, 0.29) is 31.8 Å². The zero-order valence-corrected chi connectivity index (χ0v) is 13.9. The van der Waals surface area contributed by atoms with E-state index in [4.69, 9.17) is 10.8 Å². The molecule has 0 spiro atoms. The van der Waals surface area contributed by atoms with Crippen molar-refractivity contribution in [3.05, 3.63) is 48.0 Å². The van der Waals surface area contributed by atoms with Gasteiger partial charge in [0.05, 0.1) is 14.6 Å². The maximum absolute atomic E-state index is 12.8. The standard InChI is InChI=1S/C19H22O5/c1-4-23-17(21)19(18(22)24-5-2)11-13(3)15(12-19)16(20)14-9-7-6-8-10-14/h6-10,15H,3-5,11-12H2,1-2H3/i3D. The lowest BCUT2D eigenvalue weighted by molar-refractivity contribution is -0.171. The summed E-state index contributed by atoms with van der Waals surface area (Å²) < 4.78 is 17.8. The Morgan fingerprint density at radius 3 is 2.25 bits per heavy atom. The molecule has 1 aromatic carbocycles. The molecule has 0 radical (unpaired) electrons. The molecule has 1 aliphatic rings. The van der Waals surface area contributed by atoms with Gasteiger partial charge in [0.2, 0.25) is 0 Å². The fraction of sp³-hybridized carbons (Fsp3) is 0.421. The number of esters is 2. The summed E-state index contributed by atoms with van der Waals surface area (Å²) in [5, 5.41) is 0. The minimum atomic E-state index is -1.56. The van der Waals surface area contributed by atoms with Gasteiger partial charge in [-0.2, -0.15) is 0 Å². The molecule has 128 valence electrons. The molecule has 1 fully saturated rings. The summed E-state index contributed by atoms with van der Waals surface area (Å²) in [6, 6.07) is 8.65. The monoisotopic (exact) mass is 331 g/mol. The van der Waals surface area contributed by atoms with Crippen molar-refractivity contribution in [2.24, 2.45) is 11.3 Å². The second-order valence-corrected chi connectivity index (χ2v) is 5.76. The number of Topliss-reactive ketones (excluding diaryl/α,β-unsaturated/α-hetero) is 1. The summed E-state index contributed by atoms with van der Waals surface area (Å²) in [5.74, 6) is -2.32. The fourth-order valence-corrected chi connectivity index (χ4v) is 3.02. The van der Waals surface area contributed by atoms with Gasteiger partial charge in [-0.25, -0.2) is 0 Å². The Morgan fingerprint density at radius 2 is 1.75 bits per heavy atom. The molecule has 0 heterocycles. The molecule has 0 amide bonds. The second-order valence-electron chi connectivity index (χ2n) is 5.76. The Bertz CT molecular complexity index is 662. The molecule has 1 aromatic rings. The highest BCUT2D eigenvalue weighted by atomic mass is 16.6. The zero-order valence-electron chi connectivity index (χ0n) is 14.9. The van der Waals surface area contributed by atoms with Gasteiger partial charge in [0.1, 0.15) is 0 Å². The first-order valence-corrected chi connectivity index (χ1v) is 8.01. The van der Waals surface area contributed by atoms with Gasteiger partial charge in [-0.15, -0.1) is 0 Å². The van der Waals surface area contributed by atoms with Crippen molar-refractivity contribution >= 4 is 17.7 Å². The van der Waals surface area contributed by atoms with E-state index in [9.17, 15) is 14.4 Å². The fourth-order valence-electron chi connectivity index (χ4n) is 3.02. The first-order chi connectivity index (χ1) is 12.0. The highest BCUT2D eigenvalue weighted by Crippen LogP contribution is 2.47. The van der Waals surface area contributed by atoms with Crippen molar-refractivity contribution in [2.75, 3.05) is 13.2 Å². The number of benzene rings is 1. The van der Waals surface area contributed by atoms with Crippen LogP contribution in [0, 0.1) is 11.3 Å². The van der Waals surface area contributed by atoms with E-state index in [2.05, 4.69) is 0 Å². The molecule has 0 aliphatic heterocycles. The van der Waals surface area contributed by atoms with Crippen molar-refractivity contribution < 1.29 is 25.2 Å². The quantitative estimate of drug-likeness (QED) is 0.347. The molecule has 1 saturated carbocycles. The number of ether oxygens (including phenoxy) is 2. The number of carbonyl (C=O) groups is 3. The normalized spacial score (nSPS) is 21.2. The molecule has 0 aromatic heterocycles. The molecule has 1 atom stereocenters. The van der Waals surface area contributed by atoms with Crippen molar-refractivity contribution in [1.29, 1.82) is 0 Å². The highest BCUT2D eigenvalue weighted by Gasteiger charge is 2.56. The van der Waals surface area contributed by atoms with E-state index in [1.165, 1.54) is 0 Å². The van der Waals surface area contributed by atoms with E-state index >= 15 is 0 Å². The number of hydrogen-bond acceptors (Lipinski definition) is 5. The third-order valence-electron chi connectivity index (χ3n) is 4.21. The Morgan fingerprint density at radius 1 is 1.17 bits per heavy atom. The molecular weight excluding hydrogens is 308 g/mol. The van der Waals surface area contributed by atoms with Crippen LogP contribution in [0.15, 0.2) is 42.5 Å². The van der Waals surface area contributed by atoms with E-state index in [1.54, 1.807) is 44.2 Å². The van der Waals surface area contributed by atoms with Gasteiger partial charge in [0.25, 0.3) is 0 Å². The summed E-state index contributed by atoms with van der Waals surface area (Å²) in [7, 11) is 0. The molecule has 5 nitrogen and oxygen atoms in total. The SMILES string of the molecule is [2H]C=C1CC(C(=O)OCC)(C(=O)OCC)CC1C(=O)c1ccccc1. The van der Waals surface area contributed by atoms with Gasteiger partial charge in [-0.1, -0.05) is 42.5 Å². The number of ketones is 1. The minimum Gasteiger partial charge on any atom is -0.465 e. The lowest BCUT2D eigenvalue weighted by Crippen LogP contribution is -2.40. The molecule has 2 rings (SSSR count). The van der Waals surface area contributed by atoms with Crippen molar-refractivity contribution in [3.63, 3.8) is 0 Å². The van der Waals surface area contributed by atoms with E-state index < -0.39 is 23.3 Å². The van der Waals surface area contributed by atoms with Gasteiger partial charge < -0.3 is 9.47 Å². The molecule has 0 N–H and O–H groups in total. The molecule has 5 heteroatoms. The average Bonchev–Trinajstić information content (AvgIpc) is 3.03. The zero-order chi connectivity index (χ0) is 18.4. The minimum absolute atomic E-state index is 0.0304. The maximum atomic E-state index is 12.8. The van der Waals surface area contributed by atoms with Gasteiger partial charge in [-0.3, -0.25) is 14.4 Å². The van der Waals surface area contributed by atoms with Crippen molar-refractivity contribution in [3.8, 4) is 0 Å². The van der Waals surface area contributed by atoms with Crippen LogP contribution in [0.3, 0.4) is 0 Å². The average molecular weight is 331 g/mol. The largest absolute Gasteiger partial charge is 0.465 e. The smallest absolute Gasteiger partial charge is 0.323 e. The number of carbonyl (C=O) groups excluding carboxylic acids is 3. The van der Waals surface area contributed by atoms with Crippen LogP contribution in [0.2, 0.25) is 0 Å². The summed E-state index contributed by atoms with van der Waals surface area (Å²) in [4.78, 5) is 37.9.